The summed E-state index contributed by atoms with van der Waals surface area (Å²) in [5, 5.41) is 9.81. The second kappa shape index (κ2) is 13.5. The van der Waals surface area contributed by atoms with Crippen LogP contribution < -0.4 is 0 Å². The van der Waals surface area contributed by atoms with Gasteiger partial charge in [-0.2, -0.15) is 5.26 Å². The standard InChI is InChI=1S/C27H47N/c1-3-5-7-9-11-13-24-14-16-25(17-15-24)26-18-21-27(23-28,22-19-26)20-12-10-8-6-4-2/h12,20,24-26H,3-11,13-19,21-22H2,1-2H3. The van der Waals surface area contributed by atoms with Crippen LogP contribution in [0, 0.1) is 34.5 Å². The molecule has 2 fully saturated rings. The lowest BCUT2D eigenvalue weighted by molar-refractivity contribution is 0.136. The quantitative estimate of drug-likeness (QED) is 0.243. The molecule has 0 spiro atoms. The van der Waals surface area contributed by atoms with Gasteiger partial charge in [-0.15, -0.1) is 0 Å². The maximum Gasteiger partial charge on any atom is 0.0753 e. The molecule has 1 nitrogen and oxygen atoms in total. The molecule has 0 aliphatic heterocycles. The summed E-state index contributed by atoms with van der Waals surface area (Å²) in [7, 11) is 0. The third-order valence-electron chi connectivity index (χ3n) is 7.83. The van der Waals surface area contributed by atoms with Crippen molar-refractivity contribution in [3.63, 3.8) is 0 Å². The first-order chi connectivity index (χ1) is 13.7. The Hall–Kier alpha value is -0.770. The zero-order chi connectivity index (χ0) is 20.1. The first kappa shape index (κ1) is 23.5. The minimum atomic E-state index is -0.140. The van der Waals surface area contributed by atoms with Gasteiger partial charge in [-0.05, 0) is 69.1 Å². The Balaban J connectivity index is 1.66. The van der Waals surface area contributed by atoms with Crippen LogP contribution in [0.1, 0.15) is 129 Å². The molecular weight excluding hydrogens is 338 g/mol. The predicted molar refractivity (Wildman–Crippen MR) is 122 cm³/mol. The van der Waals surface area contributed by atoms with Gasteiger partial charge in [0.05, 0.1) is 11.5 Å². The van der Waals surface area contributed by atoms with Crippen molar-refractivity contribution in [3.05, 3.63) is 12.2 Å². The van der Waals surface area contributed by atoms with E-state index < -0.39 is 0 Å². The van der Waals surface area contributed by atoms with Crippen molar-refractivity contribution in [1.29, 1.82) is 5.26 Å². The van der Waals surface area contributed by atoms with Crippen molar-refractivity contribution in [2.75, 3.05) is 0 Å². The van der Waals surface area contributed by atoms with E-state index in [2.05, 4.69) is 32.1 Å². The Kier molecular flexibility index (Phi) is 11.3. The minimum absolute atomic E-state index is 0.140. The molecule has 2 aliphatic rings. The van der Waals surface area contributed by atoms with Crippen molar-refractivity contribution in [2.24, 2.45) is 23.2 Å². The summed E-state index contributed by atoms with van der Waals surface area (Å²) in [6.07, 6.45) is 29.0. The van der Waals surface area contributed by atoms with Crippen molar-refractivity contribution >= 4 is 0 Å². The first-order valence-corrected chi connectivity index (χ1v) is 12.8. The molecule has 0 amide bonds. The Morgan fingerprint density at radius 2 is 1.39 bits per heavy atom. The van der Waals surface area contributed by atoms with Crippen LogP contribution in [0.15, 0.2) is 12.2 Å². The van der Waals surface area contributed by atoms with Crippen LogP contribution in [0.4, 0.5) is 0 Å². The normalized spacial score (nSPS) is 31.1. The number of unbranched alkanes of at least 4 members (excludes halogenated alkanes) is 7. The van der Waals surface area contributed by atoms with Gasteiger partial charge < -0.3 is 0 Å². The van der Waals surface area contributed by atoms with Crippen LogP contribution in [-0.4, -0.2) is 0 Å². The number of nitriles is 1. The van der Waals surface area contributed by atoms with E-state index in [4.69, 9.17) is 0 Å². The van der Waals surface area contributed by atoms with Crippen LogP contribution in [0.3, 0.4) is 0 Å². The summed E-state index contributed by atoms with van der Waals surface area (Å²) >= 11 is 0. The molecule has 1 heteroatoms. The molecule has 160 valence electrons. The number of rotatable bonds is 12. The highest BCUT2D eigenvalue weighted by Gasteiger charge is 2.37. The number of hydrogen-bond donors (Lipinski definition) is 0. The van der Waals surface area contributed by atoms with Crippen LogP contribution >= 0.6 is 0 Å². The fourth-order valence-electron chi connectivity index (χ4n) is 5.75. The van der Waals surface area contributed by atoms with Gasteiger partial charge in [-0.1, -0.05) is 90.2 Å². The smallest absolute Gasteiger partial charge is 0.0753 e. The summed E-state index contributed by atoms with van der Waals surface area (Å²) in [5.74, 6) is 2.88. The Morgan fingerprint density at radius 1 is 0.786 bits per heavy atom. The molecule has 0 N–H and O–H groups in total. The Morgan fingerprint density at radius 3 is 2.04 bits per heavy atom. The maximum atomic E-state index is 9.81. The minimum Gasteiger partial charge on any atom is -0.197 e. The molecule has 0 aromatic rings. The molecule has 0 aromatic heterocycles. The molecule has 0 heterocycles. The number of hydrogen-bond acceptors (Lipinski definition) is 1. The Bertz CT molecular complexity index is 455. The third-order valence-corrected chi connectivity index (χ3v) is 7.83. The summed E-state index contributed by atoms with van der Waals surface area (Å²) in [6, 6.07) is 2.69. The van der Waals surface area contributed by atoms with E-state index in [1.807, 2.05) is 0 Å². The topological polar surface area (TPSA) is 23.8 Å². The average Bonchev–Trinajstić information content (AvgIpc) is 2.74. The van der Waals surface area contributed by atoms with Gasteiger partial charge in [0.2, 0.25) is 0 Å². The molecule has 0 aromatic carbocycles. The summed E-state index contributed by atoms with van der Waals surface area (Å²) in [4.78, 5) is 0. The molecule has 0 unspecified atom stereocenters. The molecule has 28 heavy (non-hydrogen) atoms. The van der Waals surface area contributed by atoms with Crippen LogP contribution in [0.25, 0.3) is 0 Å². The van der Waals surface area contributed by atoms with Gasteiger partial charge in [-0.3, -0.25) is 0 Å². The van der Waals surface area contributed by atoms with Crippen molar-refractivity contribution < 1.29 is 0 Å². The van der Waals surface area contributed by atoms with Crippen molar-refractivity contribution in [2.45, 2.75) is 129 Å². The number of nitrogens with zero attached hydrogens (tertiary/aromatic N) is 1. The van der Waals surface area contributed by atoms with E-state index in [1.54, 1.807) is 0 Å². The van der Waals surface area contributed by atoms with Crippen LogP contribution in [0.5, 0.6) is 0 Å². The van der Waals surface area contributed by atoms with Crippen molar-refractivity contribution in [1.82, 2.24) is 0 Å². The lowest BCUT2D eigenvalue weighted by Crippen LogP contribution is -2.30. The molecule has 0 bridgehead atoms. The van der Waals surface area contributed by atoms with Crippen molar-refractivity contribution in [3.8, 4) is 6.07 Å². The Labute approximate surface area is 176 Å². The largest absolute Gasteiger partial charge is 0.197 e. The van der Waals surface area contributed by atoms with Crippen LogP contribution in [-0.2, 0) is 0 Å². The second-order valence-electron chi connectivity index (χ2n) is 9.99. The highest BCUT2D eigenvalue weighted by Crippen LogP contribution is 2.46. The van der Waals surface area contributed by atoms with Gasteiger partial charge in [0, 0.05) is 0 Å². The van der Waals surface area contributed by atoms with Gasteiger partial charge in [0.1, 0.15) is 0 Å². The van der Waals surface area contributed by atoms with E-state index in [9.17, 15) is 5.26 Å². The zero-order valence-corrected chi connectivity index (χ0v) is 19.1. The highest BCUT2D eigenvalue weighted by molar-refractivity contribution is 5.14. The lowest BCUT2D eigenvalue weighted by Gasteiger charge is -2.39. The molecule has 2 rings (SSSR count). The summed E-state index contributed by atoms with van der Waals surface area (Å²) in [5.41, 5.74) is -0.140. The third kappa shape index (κ3) is 7.93. The molecular formula is C27H47N. The average molecular weight is 386 g/mol. The molecule has 0 saturated heterocycles. The van der Waals surface area contributed by atoms with E-state index in [-0.39, 0.29) is 5.41 Å². The monoisotopic (exact) mass is 385 g/mol. The molecule has 2 saturated carbocycles. The number of allylic oxidation sites excluding steroid dienone is 2. The fourth-order valence-corrected chi connectivity index (χ4v) is 5.75. The zero-order valence-electron chi connectivity index (χ0n) is 19.1. The van der Waals surface area contributed by atoms with Gasteiger partial charge in [0.15, 0.2) is 0 Å². The SMILES string of the molecule is CCCCCC=CC1(C#N)CCC(C2CCC(CCCCCCC)CC2)CC1. The second-order valence-corrected chi connectivity index (χ2v) is 9.99. The van der Waals surface area contributed by atoms with E-state index in [1.165, 1.54) is 96.3 Å². The molecule has 2 aliphatic carbocycles. The lowest BCUT2D eigenvalue weighted by atomic mass is 9.64. The van der Waals surface area contributed by atoms with E-state index in [0.717, 1.165) is 37.0 Å². The van der Waals surface area contributed by atoms with Crippen LogP contribution in [0.2, 0.25) is 0 Å². The van der Waals surface area contributed by atoms with Gasteiger partial charge in [-0.25, -0.2) is 0 Å². The van der Waals surface area contributed by atoms with Gasteiger partial charge in [0.25, 0.3) is 0 Å². The predicted octanol–water partition coefficient (Wildman–Crippen LogP) is 8.99. The molecule has 0 atom stereocenters. The fraction of sp³-hybridized carbons (Fsp3) is 0.889. The summed E-state index contributed by atoms with van der Waals surface area (Å²) in [6.45, 7) is 4.56. The van der Waals surface area contributed by atoms with Gasteiger partial charge >= 0.3 is 0 Å². The highest BCUT2D eigenvalue weighted by atomic mass is 14.4. The van der Waals surface area contributed by atoms with E-state index >= 15 is 0 Å². The summed E-state index contributed by atoms with van der Waals surface area (Å²) < 4.78 is 0. The van der Waals surface area contributed by atoms with E-state index in [0.29, 0.717) is 0 Å². The first-order valence-electron chi connectivity index (χ1n) is 12.8. The maximum absolute atomic E-state index is 9.81. The molecule has 0 radical (unpaired) electrons.